The fourth-order valence-electron chi connectivity index (χ4n) is 10.5. The third-order valence-electron chi connectivity index (χ3n) is 14.7. The normalized spacial score (nSPS) is 14.4. The zero-order valence-corrected chi connectivity index (χ0v) is 42.7. The van der Waals surface area contributed by atoms with E-state index < -0.39 is 0 Å². The summed E-state index contributed by atoms with van der Waals surface area (Å²) in [7, 11) is 0. The second kappa shape index (κ2) is 14.0. The van der Waals surface area contributed by atoms with Gasteiger partial charge < -0.3 is 9.38 Å². The molecule has 0 N–H and O–H groups in total. The highest BCUT2D eigenvalue weighted by molar-refractivity contribution is 6.90. The molecule has 0 radical (unpaired) electrons. The minimum Gasteiger partial charge on any atom is -0.375 e. The summed E-state index contributed by atoms with van der Waals surface area (Å²) in [5, 5.41) is 2.71. The minimum atomic E-state index is -0.0547. The summed E-state index contributed by atoms with van der Waals surface area (Å²) < 4.78 is 2.76. The van der Waals surface area contributed by atoms with Gasteiger partial charge in [0.2, 0.25) is 0 Å². The molecular weight excluding hydrogens is 771 g/mol. The van der Waals surface area contributed by atoms with Crippen molar-refractivity contribution >= 4 is 56.6 Å². The Kier molecular flexibility index (Phi) is 9.67. The zero-order valence-electron chi connectivity index (χ0n) is 42.7. The number of anilines is 3. The van der Waals surface area contributed by atoms with Gasteiger partial charge in [-0.25, -0.2) is 0 Å². The maximum Gasteiger partial charge on any atom is 0.333 e. The van der Waals surface area contributed by atoms with Crippen molar-refractivity contribution in [2.45, 2.75) is 164 Å². The van der Waals surface area contributed by atoms with Crippen LogP contribution in [0.4, 0.5) is 17.1 Å². The van der Waals surface area contributed by atoms with Gasteiger partial charge in [-0.1, -0.05) is 173 Å². The maximum atomic E-state index is 2.76. The van der Waals surface area contributed by atoms with Crippen molar-refractivity contribution in [1.82, 2.24) is 4.48 Å². The summed E-state index contributed by atoms with van der Waals surface area (Å²) in [6.45, 7) is 44.7. The molecular formula is C61H73BN2. The highest BCUT2D eigenvalue weighted by Crippen LogP contribution is 2.51. The molecule has 0 saturated heterocycles. The highest BCUT2D eigenvalue weighted by atomic mass is 15.2. The van der Waals surface area contributed by atoms with Gasteiger partial charge in [0.05, 0.1) is 0 Å². The molecule has 2 aliphatic rings. The van der Waals surface area contributed by atoms with Crippen LogP contribution in [-0.2, 0) is 32.5 Å². The predicted octanol–water partition coefficient (Wildman–Crippen LogP) is 16.0. The Hall–Kier alpha value is -5.02. The second-order valence-electron chi connectivity index (χ2n) is 25.7. The molecule has 0 amide bonds. The Bertz CT molecular complexity index is 3010. The van der Waals surface area contributed by atoms with Crippen LogP contribution in [0, 0.1) is 6.92 Å². The van der Waals surface area contributed by atoms with Crippen LogP contribution >= 0.6 is 0 Å². The van der Waals surface area contributed by atoms with Gasteiger partial charge in [0, 0.05) is 44.4 Å². The molecule has 0 aliphatic carbocycles. The lowest BCUT2D eigenvalue weighted by molar-refractivity contribution is 0.569. The summed E-state index contributed by atoms with van der Waals surface area (Å²) >= 11 is 0. The molecule has 0 atom stereocenters. The molecule has 0 saturated carbocycles. The van der Waals surface area contributed by atoms with Crippen LogP contribution in [0.1, 0.15) is 164 Å². The lowest BCUT2D eigenvalue weighted by Gasteiger charge is -2.42. The zero-order chi connectivity index (χ0) is 46.6. The van der Waals surface area contributed by atoms with E-state index in [9.17, 15) is 0 Å². The molecule has 0 spiro atoms. The van der Waals surface area contributed by atoms with Crippen molar-refractivity contribution in [2.24, 2.45) is 0 Å². The standard InChI is InChI=1S/C61H73BN2/c1-36-45(37-28-41(59(11,12)13)30-42(29-37)60(14,15)16)35-52-54-53(36)48-33-43(61(17,18)19)32-47-46-31-39(57(5,6)7)22-26-50(46)64(55(47)48)62(54)49-34-40(58(8,9)10)23-27-51(49)63(52)44-24-20-38(21-25-44)56(2,3)4/h20-35H,1-19H3. The van der Waals surface area contributed by atoms with Gasteiger partial charge in [0.1, 0.15) is 0 Å². The van der Waals surface area contributed by atoms with Gasteiger partial charge in [-0.3, -0.25) is 0 Å². The molecule has 2 aliphatic heterocycles. The van der Waals surface area contributed by atoms with Crippen LogP contribution in [-0.4, -0.2) is 11.3 Å². The number of fused-ring (bicyclic) bond motifs is 7. The molecule has 0 bridgehead atoms. The lowest BCUT2D eigenvalue weighted by atomic mass is 9.44. The molecule has 3 heterocycles. The van der Waals surface area contributed by atoms with E-state index >= 15 is 0 Å². The summed E-state index contributed by atoms with van der Waals surface area (Å²) in [5.74, 6) is 0. The third-order valence-corrected chi connectivity index (χ3v) is 14.7. The molecule has 2 nitrogen and oxygen atoms in total. The molecule has 0 fully saturated rings. The van der Waals surface area contributed by atoms with Gasteiger partial charge in [-0.05, 0) is 155 Å². The minimum absolute atomic E-state index is 0.0118. The van der Waals surface area contributed by atoms with Gasteiger partial charge >= 0.3 is 6.85 Å². The van der Waals surface area contributed by atoms with E-state index in [2.05, 4.69) is 238 Å². The summed E-state index contributed by atoms with van der Waals surface area (Å²) in [6, 6.07) is 39.3. The smallest absolute Gasteiger partial charge is 0.333 e. The van der Waals surface area contributed by atoms with Gasteiger partial charge in [0.25, 0.3) is 0 Å². The average molecular weight is 845 g/mol. The molecule has 9 rings (SSSR count). The van der Waals surface area contributed by atoms with Crippen molar-refractivity contribution in [1.29, 1.82) is 0 Å². The number of rotatable bonds is 2. The van der Waals surface area contributed by atoms with E-state index in [-0.39, 0.29) is 39.3 Å². The van der Waals surface area contributed by atoms with E-state index in [0.717, 1.165) is 0 Å². The lowest BCUT2D eigenvalue weighted by Crippen LogP contribution is -2.57. The highest BCUT2D eigenvalue weighted by Gasteiger charge is 2.45. The van der Waals surface area contributed by atoms with E-state index in [1.807, 2.05) is 0 Å². The molecule has 64 heavy (non-hydrogen) atoms. The number of nitrogens with zero attached hydrogens (tertiary/aromatic N) is 2. The Morgan fingerprint density at radius 3 is 1.44 bits per heavy atom. The molecule has 0 unspecified atom stereocenters. The SMILES string of the molecule is Cc1c(-c2cc(C(C)(C)C)cc(C(C)(C)C)c2)cc2c3c1-c1cc(C(C)(C)C)cc4c5cc(C(C)(C)C)ccc5n(c14)B3c1cc(C(C)(C)C)ccc1N2c1ccc(C(C)(C)C)cc1. The van der Waals surface area contributed by atoms with Crippen LogP contribution in [0.5, 0.6) is 0 Å². The van der Waals surface area contributed by atoms with Crippen molar-refractivity contribution in [3.63, 3.8) is 0 Å². The first-order valence-corrected chi connectivity index (χ1v) is 24.0. The molecule has 6 aromatic carbocycles. The Morgan fingerprint density at radius 1 is 0.406 bits per heavy atom. The van der Waals surface area contributed by atoms with Crippen molar-refractivity contribution < 1.29 is 0 Å². The summed E-state index contributed by atoms with van der Waals surface area (Å²) in [4.78, 5) is 2.62. The monoisotopic (exact) mass is 845 g/mol. The topological polar surface area (TPSA) is 8.17 Å². The summed E-state index contributed by atoms with van der Waals surface area (Å²) in [6.07, 6.45) is 0. The predicted molar refractivity (Wildman–Crippen MR) is 282 cm³/mol. The van der Waals surface area contributed by atoms with Crippen LogP contribution in [0.15, 0.2) is 97.1 Å². The first-order chi connectivity index (χ1) is 29.4. The van der Waals surface area contributed by atoms with E-state index in [4.69, 9.17) is 0 Å². The maximum absolute atomic E-state index is 2.76. The van der Waals surface area contributed by atoms with Crippen LogP contribution in [0.3, 0.4) is 0 Å². The number of hydrogen-bond acceptors (Lipinski definition) is 1. The second-order valence-corrected chi connectivity index (χ2v) is 25.7. The number of hydrogen-bond donors (Lipinski definition) is 0. The first-order valence-electron chi connectivity index (χ1n) is 24.0. The Morgan fingerprint density at radius 2 is 0.891 bits per heavy atom. The molecule has 7 aromatic rings. The third kappa shape index (κ3) is 7.07. The van der Waals surface area contributed by atoms with Gasteiger partial charge in [0.15, 0.2) is 0 Å². The van der Waals surface area contributed by atoms with Gasteiger partial charge in [-0.15, -0.1) is 0 Å². The largest absolute Gasteiger partial charge is 0.375 e. The van der Waals surface area contributed by atoms with Crippen LogP contribution < -0.4 is 15.8 Å². The van der Waals surface area contributed by atoms with E-state index in [1.54, 1.807) is 0 Å². The fourth-order valence-corrected chi connectivity index (χ4v) is 10.5. The molecule has 330 valence electrons. The summed E-state index contributed by atoms with van der Waals surface area (Å²) in [5.41, 5.74) is 24.0. The van der Waals surface area contributed by atoms with Crippen molar-refractivity contribution in [2.75, 3.05) is 4.90 Å². The first kappa shape index (κ1) is 44.2. The fraction of sp³-hybridized carbons (Fsp3) is 0.410. The Labute approximate surface area is 386 Å². The van der Waals surface area contributed by atoms with Gasteiger partial charge in [-0.2, -0.15) is 0 Å². The molecule has 1 aromatic heterocycles. The van der Waals surface area contributed by atoms with Crippen molar-refractivity contribution in [3.8, 4) is 22.3 Å². The van der Waals surface area contributed by atoms with E-state index in [1.165, 1.54) is 111 Å². The Balaban J connectivity index is 1.51. The van der Waals surface area contributed by atoms with Crippen LogP contribution in [0.2, 0.25) is 0 Å². The van der Waals surface area contributed by atoms with Crippen molar-refractivity contribution in [3.05, 3.63) is 136 Å². The van der Waals surface area contributed by atoms with Crippen LogP contribution in [0.25, 0.3) is 44.1 Å². The quantitative estimate of drug-likeness (QED) is 0.157. The average Bonchev–Trinajstić information content (AvgIpc) is 3.51. The van der Waals surface area contributed by atoms with E-state index in [0.29, 0.717) is 0 Å². The number of aromatic nitrogens is 1. The molecule has 3 heteroatoms. The number of benzene rings is 6.